The van der Waals surface area contributed by atoms with Crippen LogP contribution in [0.2, 0.25) is 0 Å². The first-order valence-electron chi connectivity index (χ1n) is 13.2. The van der Waals surface area contributed by atoms with E-state index in [1.165, 1.54) is 0 Å². The molecule has 0 aromatic heterocycles. The van der Waals surface area contributed by atoms with Crippen LogP contribution in [0.15, 0.2) is 30.3 Å². The van der Waals surface area contributed by atoms with Crippen molar-refractivity contribution in [1.29, 1.82) is 0 Å². The van der Waals surface area contributed by atoms with Crippen LogP contribution in [-0.2, 0) is 45.4 Å². The summed E-state index contributed by atoms with van der Waals surface area (Å²) in [5.41, 5.74) is 11.1. The predicted molar refractivity (Wildman–Crippen MR) is 176 cm³/mol. The normalized spacial score (nSPS) is 10.3. The van der Waals surface area contributed by atoms with Gasteiger partial charge in [0, 0.05) is 76.8 Å². The van der Waals surface area contributed by atoms with Gasteiger partial charge in [-0.1, -0.05) is 37.8 Å². The maximum absolute atomic E-state index is 11.4. The molecule has 0 aliphatic heterocycles. The van der Waals surface area contributed by atoms with Gasteiger partial charge < -0.3 is 37.5 Å². The molecule has 0 spiro atoms. The second-order valence-corrected chi connectivity index (χ2v) is 13.8. The van der Waals surface area contributed by atoms with E-state index in [2.05, 4.69) is 33.9 Å². The third-order valence-electron chi connectivity index (χ3n) is 4.60. The van der Waals surface area contributed by atoms with Crippen molar-refractivity contribution >= 4 is 56.1 Å². The van der Waals surface area contributed by atoms with Crippen molar-refractivity contribution in [2.75, 3.05) is 69.0 Å². The summed E-state index contributed by atoms with van der Waals surface area (Å²) in [7, 11) is -6.07. The number of thiol groups is 1. The molecule has 256 valence electrons. The molecule has 0 unspecified atom stereocenters. The molecule has 0 fully saturated rings. The third-order valence-corrected chi connectivity index (χ3v) is 6.72. The molecule has 1 rings (SSSR count). The van der Waals surface area contributed by atoms with Gasteiger partial charge in [-0.05, 0) is 5.56 Å². The van der Waals surface area contributed by atoms with Gasteiger partial charge in [-0.3, -0.25) is 14.4 Å². The molecule has 1 aromatic carbocycles. The third kappa shape index (κ3) is 35.3. The number of ether oxygens (including phenoxy) is 1. The number of hydrogen-bond donors (Lipinski definition) is 7. The Labute approximate surface area is 267 Å². The topological polar surface area (TPSA) is 246 Å². The first-order valence-corrected chi connectivity index (χ1v) is 18.0. The van der Waals surface area contributed by atoms with Crippen molar-refractivity contribution in [3.63, 3.8) is 0 Å². The Morgan fingerprint density at radius 1 is 0.705 bits per heavy atom. The second kappa shape index (κ2) is 27.6. The Morgan fingerprint density at radius 2 is 1.14 bits per heavy atom. The first-order chi connectivity index (χ1) is 20.1. The van der Waals surface area contributed by atoms with Crippen LogP contribution in [0, 0.1) is 0 Å². The van der Waals surface area contributed by atoms with Gasteiger partial charge in [-0.15, -0.1) is 0 Å². The lowest BCUT2D eigenvalue weighted by Gasteiger charge is -2.07. The van der Waals surface area contributed by atoms with Crippen molar-refractivity contribution < 1.29 is 40.8 Å². The maximum Gasteiger partial charge on any atom is 0.407 e. The summed E-state index contributed by atoms with van der Waals surface area (Å²) < 4.78 is 47.9. The van der Waals surface area contributed by atoms with Crippen LogP contribution >= 0.6 is 12.6 Å². The number of nitrogens with one attached hydrogen (secondary N) is 4. The SMILES string of the molecule is C.CS(=O)(=O)CCNC(=O)CCN.CS(=O)(=O)CCNC(=O)CCNC(=O)OCc1ccccc1.NCCC(=O)NCCS. The first kappa shape index (κ1) is 45.5. The van der Waals surface area contributed by atoms with Gasteiger partial charge in [-0.2, -0.15) is 12.6 Å². The molecule has 0 atom stereocenters. The molecule has 44 heavy (non-hydrogen) atoms. The van der Waals surface area contributed by atoms with Crippen molar-refractivity contribution in [1.82, 2.24) is 21.3 Å². The summed E-state index contributed by atoms with van der Waals surface area (Å²) in [5.74, 6) is 0.0185. The fraction of sp³-hybridized carbons (Fsp3) is 0.615. The average molecular weight is 687 g/mol. The minimum atomic E-state index is -3.09. The monoisotopic (exact) mass is 686 g/mol. The zero-order valence-electron chi connectivity index (χ0n) is 24.7. The molecule has 8 N–H and O–H groups in total. The number of rotatable bonds is 17. The lowest BCUT2D eigenvalue weighted by molar-refractivity contribution is -0.121. The quantitative estimate of drug-likeness (QED) is 0.0978. The Bertz CT molecular complexity index is 1150. The van der Waals surface area contributed by atoms with E-state index >= 15 is 0 Å². The van der Waals surface area contributed by atoms with Crippen LogP contribution < -0.4 is 32.7 Å². The number of sulfone groups is 2. The average Bonchev–Trinajstić information content (AvgIpc) is 2.91. The largest absolute Gasteiger partial charge is 0.445 e. The number of nitrogens with two attached hydrogens (primary N) is 2. The van der Waals surface area contributed by atoms with E-state index in [9.17, 15) is 36.0 Å². The van der Waals surface area contributed by atoms with Crippen molar-refractivity contribution in [2.45, 2.75) is 33.3 Å². The smallest absolute Gasteiger partial charge is 0.407 e. The molecule has 0 saturated carbocycles. The molecule has 4 amide bonds. The standard InChI is InChI=1S/C14H20N2O5S.C6H14N2O3S.C5H12N2OS.CH4/c1-22(19,20)10-9-15-13(17)7-8-16-14(18)21-11-12-5-3-2-4-6-12;1-12(10,11)5-4-8-6(9)2-3-7;6-2-1-5(8)7-3-4-9;/h2-6H,7-11H2,1H3,(H,15,17)(H,16,18);2-5,7H2,1H3,(H,8,9);9H,1-4,6H2,(H,7,8);1H4. The van der Waals surface area contributed by atoms with Crippen LogP contribution in [0.4, 0.5) is 4.79 Å². The molecule has 15 nitrogen and oxygen atoms in total. The highest BCUT2D eigenvalue weighted by Gasteiger charge is 2.07. The Balaban J connectivity index is -0.000000645. The summed E-state index contributed by atoms with van der Waals surface area (Å²) in [6.07, 6.45) is 2.33. The van der Waals surface area contributed by atoms with E-state index in [0.717, 1.165) is 18.1 Å². The zero-order valence-corrected chi connectivity index (χ0v) is 27.2. The molecule has 18 heteroatoms. The summed E-state index contributed by atoms with van der Waals surface area (Å²) in [6.45, 7) is 1.84. The summed E-state index contributed by atoms with van der Waals surface area (Å²) in [4.78, 5) is 44.1. The molecule has 0 heterocycles. The Morgan fingerprint density at radius 3 is 1.55 bits per heavy atom. The van der Waals surface area contributed by atoms with Crippen molar-refractivity contribution in [2.24, 2.45) is 11.5 Å². The van der Waals surface area contributed by atoms with Gasteiger partial charge in [0.1, 0.15) is 26.3 Å². The lowest BCUT2D eigenvalue weighted by atomic mass is 10.2. The molecular weight excluding hydrogens is 637 g/mol. The van der Waals surface area contributed by atoms with Crippen LogP contribution in [-0.4, -0.2) is 110 Å². The lowest BCUT2D eigenvalue weighted by Crippen LogP contribution is -2.33. The summed E-state index contributed by atoms with van der Waals surface area (Å²) in [6, 6.07) is 9.23. The number of amides is 4. The highest BCUT2D eigenvalue weighted by molar-refractivity contribution is 7.90. The van der Waals surface area contributed by atoms with Crippen LogP contribution in [0.5, 0.6) is 0 Å². The molecule has 0 radical (unpaired) electrons. The minimum Gasteiger partial charge on any atom is -0.445 e. The van der Waals surface area contributed by atoms with E-state index in [4.69, 9.17) is 16.2 Å². The summed E-state index contributed by atoms with van der Waals surface area (Å²) in [5, 5.41) is 9.99. The molecular formula is C26H50N6O9S3. The number of alkyl carbamates (subject to hydrolysis) is 1. The van der Waals surface area contributed by atoms with Gasteiger partial charge in [0.2, 0.25) is 17.7 Å². The highest BCUT2D eigenvalue weighted by atomic mass is 32.2. The van der Waals surface area contributed by atoms with Gasteiger partial charge in [0.15, 0.2) is 0 Å². The molecule has 0 bridgehead atoms. The molecule has 1 aromatic rings. The molecule has 0 aliphatic rings. The van der Waals surface area contributed by atoms with E-state index in [-0.39, 0.29) is 82.3 Å². The Kier molecular flexibility index (Phi) is 28.5. The fourth-order valence-electron chi connectivity index (χ4n) is 2.53. The highest BCUT2D eigenvalue weighted by Crippen LogP contribution is 2.00. The maximum atomic E-state index is 11.4. The van der Waals surface area contributed by atoms with E-state index in [1.54, 1.807) is 0 Å². The van der Waals surface area contributed by atoms with E-state index in [0.29, 0.717) is 25.3 Å². The second-order valence-electron chi connectivity index (χ2n) is 8.85. The van der Waals surface area contributed by atoms with Crippen molar-refractivity contribution in [3.05, 3.63) is 35.9 Å². The van der Waals surface area contributed by atoms with Gasteiger partial charge >= 0.3 is 6.09 Å². The minimum absolute atomic E-state index is 0. The number of hydrogen-bond acceptors (Lipinski definition) is 12. The van der Waals surface area contributed by atoms with E-state index in [1.807, 2.05) is 30.3 Å². The van der Waals surface area contributed by atoms with Gasteiger partial charge in [0.05, 0.1) is 11.5 Å². The Hall–Kier alpha value is -2.93. The summed E-state index contributed by atoms with van der Waals surface area (Å²) >= 11 is 3.92. The number of benzene rings is 1. The van der Waals surface area contributed by atoms with Gasteiger partial charge in [-0.25, -0.2) is 21.6 Å². The molecule has 0 aliphatic carbocycles. The number of carbonyl (C=O) groups excluding carboxylic acids is 4. The van der Waals surface area contributed by atoms with Crippen molar-refractivity contribution in [3.8, 4) is 0 Å². The number of carbonyl (C=O) groups is 4. The van der Waals surface area contributed by atoms with Crippen LogP contribution in [0.1, 0.15) is 32.3 Å². The van der Waals surface area contributed by atoms with Crippen LogP contribution in [0.3, 0.4) is 0 Å². The van der Waals surface area contributed by atoms with Gasteiger partial charge in [0.25, 0.3) is 0 Å². The van der Waals surface area contributed by atoms with Crippen LogP contribution in [0.25, 0.3) is 0 Å². The fourth-order valence-corrected chi connectivity index (χ4v) is 3.58. The zero-order chi connectivity index (χ0) is 33.2. The van der Waals surface area contributed by atoms with E-state index < -0.39 is 25.8 Å². The molecule has 0 saturated heterocycles. The predicted octanol–water partition coefficient (Wildman–Crippen LogP) is -1.02.